The molecule has 0 radical (unpaired) electrons. The summed E-state index contributed by atoms with van der Waals surface area (Å²) in [5, 5.41) is 0. The summed E-state index contributed by atoms with van der Waals surface area (Å²) in [5.41, 5.74) is 1.33. The van der Waals surface area contributed by atoms with Crippen molar-refractivity contribution in [3.8, 4) is 17.2 Å². The maximum atomic E-state index is 13.5. The zero-order valence-corrected chi connectivity index (χ0v) is 20.0. The first-order valence-electron chi connectivity index (χ1n) is 10.4. The molecule has 1 aliphatic rings. The van der Waals surface area contributed by atoms with E-state index in [9.17, 15) is 14.4 Å². The number of hydrogen-bond acceptors (Lipinski definition) is 8. The minimum Gasteiger partial charge on any atom is -0.497 e. The number of fused-ring (bicyclic) bond motifs is 1. The lowest BCUT2D eigenvalue weighted by atomic mass is 9.90. The van der Waals surface area contributed by atoms with Crippen molar-refractivity contribution in [2.24, 2.45) is 0 Å². The maximum absolute atomic E-state index is 13.5. The first-order chi connectivity index (χ1) is 16.4. The van der Waals surface area contributed by atoms with E-state index in [4.69, 9.17) is 18.9 Å². The van der Waals surface area contributed by atoms with Gasteiger partial charge in [-0.2, -0.15) is 0 Å². The highest BCUT2D eigenvalue weighted by molar-refractivity contribution is 7.10. The summed E-state index contributed by atoms with van der Waals surface area (Å²) in [7, 11) is 5.87. The minimum atomic E-state index is -0.589. The molecule has 10 heteroatoms. The van der Waals surface area contributed by atoms with Crippen molar-refractivity contribution < 1.29 is 28.5 Å². The third-order valence-corrected chi connectivity index (χ3v) is 6.77. The summed E-state index contributed by atoms with van der Waals surface area (Å²) in [4.78, 5) is 40.5. The van der Waals surface area contributed by atoms with Gasteiger partial charge in [0.2, 0.25) is 5.91 Å². The van der Waals surface area contributed by atoms with Gasteiger partial charge in [0.15, 0.2) is 11.5 Å². The van der Waals surface area contributed by atoms with Crippen molar-refractivity contribution >= 4 is 34.7 Å². The molecule has 0 N–H and O–H groups in total. The molecule has 0 spiro atoms. The van der Waals surface area contributed by atoms with Crippen LogP contribution in [0.2, 0.25) is 0 Å². The van der Waals surface area contributed by atoms with Gasteiger partial charge in [-0.15, -0.1) is 0 Å². The Labute approximate surface area is 200 Å². The number of ether oxygens (including phenoxy) is 4. The van der Waals surface area contributed by atoms with Gasteiger partial charge in [0.1, 0.15) is 18.1 Å². The van der Waals surface area contributed by atoms with Gasteiger partial charge in [-0.1, -0.05) is 23.5 Å². The molecular weight excluding hydrogens is 460 g/mol. The van der Waals surface area contributed by atoms with E-state index in [-0.39, 0.29) is 23.7 Å². The van der Waals surface area contributed by atoms with E-state index in [1.165, 1.54) is 30.8 Å². The van der Waals surface area contributed by atoms with Crippen molar-refractivity contribution in [1.29, 1.82) is 0 Å². The zero-order chi connectivity index (χ0) is 24.4. The first-order valence-corrected chi connectivity index (χ1v) is 11.2. The van der Waals surface area contributed by atoms with Crippen LogP contribution in [0.15, 0.2) is 47.3 Å². The molecule has 0 unspecified atom stereocenters. The standard InChI is InChI=1S/C24H24N2O7S/c1-30-16-7-5-6-15(11-16)26-20(27)12-17(14-8-9-18(31-2)19(10-14)32-3)22-23(26)25(24(29)34-22)13-21(28)33-4/h5-11,17H,12-13H2,1-4H3/t17-/m0/s1. The van der Waals surface area contributed by atoms with Crippen molar-refractivity contribution in [3.05, 3.63) is 62.6 Å². The fraction of sp³-hybridized carbons (Fsp3) is 0.292. The van der Waals surface area contributed by atoms with Gasteiger partial charge in [0, 0.05) is 18.4 Å². The van der Waals surface area contributed by atoms with Crippen LogP contribution in [0.4, 0.5) is 11.5 Å². The Morgan fingerprint density at radius 3 is 2.44 bits per heavy atom. The number of rotatable bonds is 7. The van der Waals surface area contributed by atoms with Gasteiger partial charge < -0.3 is 18.9 Å². The number of esters is 1. The van der Waals surface area contributed by atoms with Crippen molar-refractivity contribution in [2.45, 2.75) is 18.9 Å². The minimum absolute atomic E-state index is 0.123. The predicted octanol–water partition coefficient (Wildman–Crippen LogP) is 3.31. The van der Waals surface area contributed by atoms with Crippen molar-refractivity contribution in [1.82, 2.24) is 4.57 Å². The molecular formula is C24H24N2O7S. The topological polar surface area (TPSA) is 96.3 Å². The number of hydrogen-bond donors (Lipinski definition) is 0. The molecule has 2 aromatic carbocycles. The average Bonchev–Trinajstić information content (AvgIpc) is 3.18. The summed E-state index contributed by atoms with van der Waals surface area (Å²) < 4.78 is 22.2. The Balaban J connectivity index is 1.91. The second kappa shape index (κ2) is 9.60. The Morgan fingerprint density at radius 1 is 1.00 bits per heavy atom. The largest absolute Gasteiger partial charge is 0.497 e. The number of anilines is 2. The summed E-state index contributed by atoms with van der Waals surface area (Å²) in [5.74, 6) is 0.774. The lowest BCUT2D eigenvalue weighted by molar-refractivity contribution is -0.141. The van der Waals surface area contributed by atoms with Gasteiger partial charge in [-0.25, -0.2) is 0 Å². The van der Waals surface area contributed by atoms with E-state index < -0.39 is 11.9 Å². The molecule has 9 nitrogen and oxygen atoms in total. The van der Waals surface area contributed by atoms with Crippen LogP contribution < -0.4 is 24.0 Å². The molecule has 2 heterocycles. The zero-order valence-electron chi connectivity index (χ0n) is 19.2. The Morgan fingerprint density at radius 2 is 1.76 bits per heavy atom. The normalized spacial score (nSPS) is 15.0. The molecule has 0 fully saturated rings. The maximum Gasteiger partial charge on any atom is 0.325 e. The molecule has 1 amide bonds. The fourth-order valence-corrected chi connectivity index (χ4v) is 5.14. The molecule has 0 saturated heterocycles. The number of aromatic nitrogens is 1. The van der Waals surface area contributed by atoms with Crippen LogP contribution in [0.3, 0.4) is 0 Å². The number of amides is 1. The van der Waals surface area contributed by atoms with E-state index >= 15 is 0 Å². The second-order valence-corrected chi connectivity index (χ2v) is 8.51. The van der Waals surface area contributed by atoms with Crippen LogP contribution in [0.5, 0.6) is 17.2 Å². The molecule has 3 aromatic rings. The number of carbonyl (C=O) groups is 2. The lowest BCUT2D eigenvalue weighted by Crippen LogP contribution is -2.36. The van der Waals surface area contributed by atoms with E-state index in [2.05, 4.69) is 0 Å². The molecule has 0 saturated carbocycles. The van der Waals surface area contributed by atoms with E-state index in [1.54, 1.807) is 43.5 Å². The monoisotopic (exact) mass is 484 g/mol. The smallest absolute Gasteiger partial charge is 0.325 e. The van der Waals surface area contributed by atoms with E-state index in [0.29, 0.717) is 33.6 Å². The number of nitrogens with zero attached hydrogens (tertiary/aromatic N) is 2. The number of thiazole rings is 1. The van der Waals surface area contributed by atoms with Crippen LogP contribution in [0, 0.1) is 0 Å². The molecule has 178 valence electrons. The van der Waals surface area contributed by atoms with Gasteiger partial charge >= 0.3 is 10.8 Å². The first kappa shape index (κ1) is 23.4. The molecule has 1 aromatic heterocycles. The van der Waals surface area contributed by atoms with Gasteiger partial charge in [-0.05, 0) is 29.8 Å². The Bertz CT molecular complexity index is 1300. The summed E-state index contributed by atoms with van der Waals surface area (Å²) in [6.07, 6.45) is 0.123. The van der Waals surface area contributed by atoms with E-state index in [0.717, 1.165) is 16.9 Å². The Kier molecular flexibility index (Phi) is 6.60. The fourth-order valence-electron chi connectivity index (χ4n) is 4.04. The van der Waals surface area contributed by atoms with Crippen LogP contribution >= 0.6 is 11.3 Å². The van der Waals surface area contributed by atoms with Crippen LogP contribution in [-0.4, -0.2) is 44.9 Å². The SMILES string of the molecule is COC(=O)Cn1c2c(sc1=O)[C@H](c1ccc(OC)c(OC)c1)CC(=O)N2c1cccc(OC)c1. The third-order valence-electron chi connectivity index (χ3n) is 5.69. The molecule has 4 rings (SSSR count). The summed E-state index contributed by atoms with van der Waals surface area (Å²) in [6.45, 7) is -0.312. The quantitative estimate of drug-likeness (QED) is 0.475. The number of benzene rings is 2. The molecule has 0 bridgehead atoms. The highest BCUT2D eigenvalue weighted by Crippen LogP contribution is 2.46. The lowest BCUT2D eigenvalue weighted by Gasteiger charge is -2.32. The Hall–Kier alpha value is -3.79. The summed E-state index contributed by atoms with van der Waals surface area (Å²) >= 11 is 1.01. The highest BCUT2D eigenvalue weighted by atomic mass is 32.1. The highest BCUT2D eigenvalue weighted by Gasteiger charge is 2.38. The summed E-state index contributed by atoms with van der Waals surface area (Å²) in [6, 6.07) is 12.4. The average molecular weight is 485 g/mol. The van der Waals surface area contributed by atoms with Crippen LogP contribution in [-0.2, 0) is 20.9 Å². The second-order valence-electron chi connectivity index (χ2n) is 7.52. The van der Waals surface area contributed by atoms with Crippen molar-refractivity contribution in [2.75, 3.05) is 33.3 Å². The van der Waals surface area contributed by atoms with Gasteiger partial charge in [0.05, 0.1) is 39.0 Å². The molecule has 1 atom stereocenters. The van der Waals surface area contributed by atoms with E-state index in [1.807, 2.05) is 6.07 Å². The predicted molar refractivity (Wildman–Crippen MR) is 127 cm³/mol. The van der Waals surface area contributed by atoms with Crippen LogP contribution in [0.1, 0.15) is 22.8 Å². The molecule has 1 aliphatic heterocycles. The third kappa shape index (κ3) is 4.12. The van der Waals surface area contributed by atoms with Gasteiger partial charge in [-0.3, -0.25) is 23.9 Å². The number of carbonyl (C=O) groups excluding carboxylic acids is 2. The van der Waals surface area contributed by atoms with Crippen LogP contribution in [0.25, 0.3) is 0 Å². The molecule has 34 heavy (non-hydrogen) atoms. The van der Waals surface area contributed by atoms with Gasteiger partial charge in [0.25, 0.3) is 0 Å². The molecule has 0 aliphatic carbocycles. The van der Waals surface area contributed by atoms with Crippen molar-refractivity contribution in [3.63, 3.8) is 0 Å². The number of methoxy groups -OCH3 is 4.